The Morgan fingerprint density at radius 2 is 1.87 bits per heavy atom. The lowest BCUT2D eigenvalue weighted by Crippen LogP contribution is -2.48. The Morgan fingerprint density at radius 3 is 2.52 bits per heavy atom. The molecule has 23 heavy (non-hydrogen) atoms. The summed E-state index contributed by atoms with van der Waals surface area (Å²) in [5, 5.41) is 3.95. The van der Waals surface area contributed by atoms with Gasteiger partial charge in [-0.1, -0.05) is 17.3 Å². The number of benzene rings is 1. The lowest BCUT2D eigenvalue weighted by Gasteiger charge is -2.35. The fourth-order valence-electron chi connectivity index (χ4n) is 2.62. The zero-order chi connectivity index (χ0) is 16.0. The first-order chi connectivity index (χ1) is 11.0. The summed E-state index contributed by atoms with van der Waals surface area (Å²) in [6.45, 7) is 0.714. The molecule has 1 aromatic carbocycles. The zero-order valence-corrected chi connectivity index (χ0v) is 13.2. The van der Waals surface area contributed by atoms with Gasteiger partial charge in [-0.15, -0.1) is 0 Å². The molecule has 2 aliphatic rings. The fourth-order valence-corrected chi connectivity index (χ4v) is 4.23. The summed E-state index contributed by atoms with van der Waals surface area (Å²) < 4.78 is 44.2. The van der Waals surface area contributed by atoms with Crippen LogP contribution >= 0.6 is 0 Å². The molecule has 1 saturated carbocycles. The van der Waals surface area contributed by atoms with Gasteiger partial charge < -0.3 is 4.52 Å². The molecule has 0 N–H and O–H groups in total. The monoisotopic (exact) mass is 337 g/mol. The summed E-state index contributed by atoms with van der Waals surface area (Å²) in [5.74, 6) is 1.16. The minimum atomic E-state index is -3.41. The van der Waals surface area contributed by atoms with Crippen molar-refractivity contribution in [3.05, 3.63) is 47.4 Å². The maximum Gasteiger partial charge on any atom is 0.232 e. The highest BCUT2D eigenvalue weighted by Gasteiger charge is 2.40. The largest absolute Gasteiger partial charge is 0.339 e. The van der Waals surface area contributed by atoms with Gasteiger partial charge in [0.15, 0.2) is 5.82 Å². The number of aromatic nitrogens is 2. The second-order valence-corrected chi connectivity index (χ2v) is 8.13. The van der Waals surface area contributed by atoms with E-state index in [1.165, 1.54) is 28.6 Å². The Hall–Kier alpha value is -1.80. The van der Waals surface area contributed by atoms with Crippen molar-refractivity contribution in [2.24, 2.45) is 0 Å². The molecule has 0 amide bonds. The summed E-state index contributed by atoms with van der Waals surface area (Å²) in [6, 6.07) is 5.51. The third-order valence-electron chi connectivity index (χ3n) is 4.25. The zero-order valence-electron chi connectivity index (χ0n) is 12.4. The molecule has 1 saturated heterocycles. The van der Waals surface area contributed by atoms with Crippen LogP contribution in [-0.2, 0) is 15.8 Å². The molecule has 4 rings (SSSR count). The molecule has 122 valence electrons. The molecule has 2 fully saturated rings. The van der Waals surface area contributed by atoms with E-state index in [2.05, 4.69) is 10.1 Å². The normalized spacial score (nSPS) is 19.7. The van der Waals surface area contributed by atoms with E-state index >= 15 is 0 Å². The van der Waals surface area contributed by atoms with Crippen molar-refractivity contribution in [1.29, 1.82) is 0 Å². The summed E-state index contributed by atoms with van der Waals surface area (Å²) >= 11 is 0. The molecule has 0 bridgehead atoms. The Bertz CT molecular complexity index is 809. The van der Waals surface area contributed by atoms with Crippen LogP contribution in [0.25, 0.3) is 0 Å². The number of sulfonamides is 1. The first-order valence-corrected chi connectivity index (χ1v) is 9.18. The lowest BCUT2D eigenvalue weighted by atomic mass is 10.0. The van der Waals surface area contributed by atoms with Crippen LogP contribution < -0.4 is 0 Å². The minimum Gasteiger partial charge on any atom is -0.339 e. The van der Waals surface area contributed by atoms with Gasteiger partial charge in [0.1, 0.15) is 5.82 Å². The van der Waals surface area contributed by atoms with Crippen molar-refractivity contribution in [3.8, 4) is 0 Å². The average Bonchev–Trinajstić information content (AvgIpc) is 3.19. The highest BCUT2D eigenvalue weighted by Crippen LogP contribution is 2.39. The first-order valence-electron chi connectivity index (χ1n) is 7.57. The van der Waals surface area contributed by atoms with Crippen molar-refractivity contribution >= 4 is 10.0 Å². The Kier molecular flexibility index (Phi) is 3.46. The molecule has 2 heterocycles. The standard InChI is InChI=1S/C15H16FN3O3S/c16-13-5-1-10(2-6-13)9-23(20,21)19-7-12(8-19)15-17-14(18-22-15)11-3-4-11/h1-2,5-6,11-12H,3-4,7-9H2. The predicted octanol–water partition coefficient (Wildman–Crippen LogP) is 2.02. The van der Waals surface area contributed by atoms with Gasteiger partial charge in [0.2, 0.25) is 15.9 Å². The van der Waals surface area contributed by atoms with E-state index in [0.29, 0.717) is 30.5 Å². The summed E-state index contributed by atoms with van der Waals surface area (Å²) in [6.07, 6.45) is 2.20. The topological polar surface area (TPSA) is 76.3 Å². The lowest BCUT2D eigenvalue weighted by molar-refractivity contribution is 0.216. The molecule has 0 unspecified atom stereocenters. The van der Waals surface area contributed by atoms with Gasteiger partial charge in [0, 0.05) is 19.0 Å². The van der Waals surface area contributed by atoms with Gasteiger partial charge in [-0.2, -0.15) is 9.29 Å². The van der Waals surface area contributed by atoms with Gasteiger partial charge in [-0.3, -0.25) is 0 Å². The third kappa shape index (κ3) is 3.00. The highest BCUT2D eigenvalue weighted by molar-refractivity contribution is 7.88. The van der Waals surface area contributed by atoms with E-state index in [9.17, 15) is 12.8 Å². The van der Waals surface area contributed by atoms with Crippen LogP contribution in [-0.4, -0.2) is 36.0 Å². The molecule has 8 heteroatoms. The van der Waals surface area contributed by atoms with Crippen molar-refractivity contribution in [2.75, 3.05) is 13.1 Å². The summed E-state index contributed by atoms with van der Waals surface area (Å²) in [4.78, 5) is 4.36. The van der Waals surface area contributed by atoms with Gasteiger partial charge >= 0.3 is 0 Å². The summed E-state index contributed by atoms with van der Waals surface area (Å²) in [5.41, 5.74) is 0.573. The Labute approximate surface area is 133 Å². The molecular weight excluding hydrogens is 321 g/mol. The van der Waals surface area contributed by atoms with E-state index in [4.69, 9.17) is 4.52 Å². The predicted molar refractivity (Wildman–Crippen MR) is 79.6 cm³/mol. The van der Waals surface area contributed by atoms with Crippen LogP contribution in [0.2, 0.25) is 0 Å². The molecule has 0 radical (unpaired) electrons. The Balaban J connectivity index is 1.38. The van der Waals surface area contributed by atoms with Crippen LogP contribution in [0.15, 0.2) is 28.8 Å². The van der Waals surface area contributed by atoms with Crippen molar-refractivity contribution < 1.29 is 17.3 Å². The molecular formula is C15H16FN3O3S. The Morgan fingerprint density at radius 1 is 1.17 bits per heavy atom. The summed E-state index contributed by atoms with van der Waals surface area (Å²) in [7, 11) is -3.41. The highest BCUT2D eigenvalue weighted by atomic mass is 32.2. The smallest absolute Gasteiger partial charge is 0.232 e. The molecule has 0 spiro atoms. The minimum absolute atomic E-state index is 0.0296. The third-order valence-corrected chi connectivity index (χ3v) is 6.04. The van der Waals surface area contributed by atoms with Crippen LogP contribution in [0, 0.1) is 5.82 Å². The SMILES string of the molecule is O=S(=O)(Cc1ccc(F)cc1)N1CC(c2nc(C3CC3)no2)C1. The van der Waals surface area contributed by atoms with Gasteiger partial charge in [-0.25, -0.2) is 12.8 Å². The maximum absolute atomic E-state index is 12.9. The molecule has 1 aromatic heterocycles. The maximum atomic E-state index is 12.9. The van der Waals surface area contributed by atoms with E-state index in [1.807, 2.05) is 0 Å². The number of rotatable bonds is 5. The van der Waals surface area contributed by atoms with E-state index in [1.54, 1.807) is 0 Å². The number of halogens is 1. The quantitative estimate of drug-likeness (QED) is 0.834. The van der Waals surface area contributed by atoms with Crippen molar-refractivity contribution in [3.63, 3.8) is 0 Å². The van der Waals surface area contributed by atoms with Crippen LogP contribution in [0.1, 0.15) is 42.0 Å². The molecule has 6 nitrogen and oxygen atoms in total. The van der Waals surface area contributed by atoms with Crippen LogP contribution in [0.4, 0.5) is 4.39 Å². The molecule has 1 aliphatic carbocycles. The van der Waals surface area contributed by atoms with Crippen molar-refractivity contribution in [1.82, 2.24) is 14.4 Å². The second kappa shape index (κ2) is 5.38. The molecule has 2 aromatic rings. The fraction of sp³-hybridized carbons (Fsp3) is 0.467. The number of hydrogen-bond acceptors (Lipinski definition) is 5. The van der Waals surface area contributed by atoms with Crippen LogP contribution in [0.5, 0.6) is 0 Å². The van der Waals surface area contributed by atoms with Crippen LogP contribution in [0.3, 0.4) is 0 Å². The van der Waals surface area contributed by atoms with Gasteiger partial charge in [0.25, 0.3) is 0 Å². The van der Waals surface area contributed by atoms with E-state index in [-0.39, 0.29) is 17.5 Å². The number of nitrogens with zero attached hydrogens (tertiary/aromatic N) is 3. The van der Waals surface area contributed by atoms with Crippen molar-refractivity contribution in [2.45, 2.75) is 30.4 Å². The van der Waals surface area contributed by atoms with E-state index in [0.717, 1.165) is 18.7 Å². The first kappa shape index (κ1) is 14.8. The molecule has 1 aliphatic heterocycles. The molecule has 0 atom stereocenters. The van der Waals surface area contributed by atoms with E-state index < -0.39 is 10.0 Å². The average molecular weight is 337 g/mol. The second-order valence-electron chi connectivity index (χ2n) is 6.16. The van der Waals surface area contributed by atoms with Gasteiger partial charge in [0.05, 0.1) is 11.7 Å². The number of hydrogen-bond donors (Lipinski definition) is 0. The van der Waals surface area contributed by atoms with Gasteiger partial charge in [-0.05, 0) is 30.5 Å².